The van der Waals surface area contributed by atoms with Crippen molar-refractivity contribution >= 4 is 35.8 Å². The molecule has 0 bridgehead atoms. The number of amides is 1. The number of rotatable bonds is 4. The van der Waals surface area contributed by atoms with Crippen LogP contribution in [0.1, 0.15) is 0 Å². The Kier molecular flexibility index (Phi) is 6.27. The predicted molar refractivity (Wildman–Crippen MR) is 79.7 cm³/mol. The lowest BCUT2D eigenvalue weighted by Gasteiger charge is -2.12. The van der Waals surface area contributed by atoms with Crippen LogP contribution >= 0.6 is 24.2 Å². The second-order valence-corrected chi connectivity index (χ2v) is 4.89. The van der Waals surface area contributed by atoms with Gasteiger partial charge in [0.1, 0.15) is 11.5 Å². The summed E-state index contributed by atoms with van der Waals surface area (Å²) < 4.78 is 10.3. The molecule has 106 valence electrons. The normalized spacial score (nSPS) is 17.5. The number of ether oxygens (including phenoxy) is 2. The van der Waals surface area contributed by atoms with Gasteiger partial charge in [0.2, 0.25) is 5.91 Å². The van der Waals surface area contributed by atoms with Crippen LogP contribution in [-0.2, 0) is 4.79 Å². The van der Waals surface area contributed by atoms with Gasteiger partial charge in [0.05, 0.1) is 20.3 Å². The van der Waals surface area contributed by atoms with Gasteiger partial charge < -0.3 is 14.8 Å². The Bertz CT molecular complexity index is 417. The standard InChI is InChI=1S/C12H16N2O3S.ClH/c1-16-9-3-8(4-10(5-9)17-2)14-12(15)11-6-18-7-13-11;/h3-5,11,13H,6-7H2,1-2H3,(H,14,15);1H. The van der Waals surface area contributed by atoms with Crippen LogP contribution in [-0.4, -0.2) is 37.8 Å². The van der Waals surface area contributed by atoms with Crippen LogP contribution < -0.4 is 20.1 Å². The van der Waals surface area contributed by atoms with Gasteiger partial charge in [0.25, 0.3) is 0 Å². The van der Waals surface area contributed by atoms with Gasteiger partial charge in [-0.2, -0.15) is 0 Å². The van der Waals surface area contributed by atoms with Gasteiger partial charge in [0, 0.05) is 35.5 Å². The second-order valence-electron chi connectivity index (χ2n) is 3.86. The summed E-state index contributed by atoms with van der Waals surface area (Å²) in [5.74, 6) is 2.89. The summed E-state index contributed by atoms with van der Waals surface area (Å²) >= 11 is 1.72. The van der Waals surface area contributed by atoms with Crippen molar-refractivity contribution in [3.05, 3.63) is 18.2 Å². The van der Waals surface area contributed by atoms with Crippen molar-refractivity contribution in [1.82, 2.24) is 5.32 Å². The molecule has 1 atom stereocenters. The van der Waals surface area contributed by atoms with Crippen molar-refractivity contribution in [2.24, 2.45) is 0 Å². The van der Waals surface area contributed by atoms with Gasteiger partial charge in [-0.05, 0) is 0 Å². The molecule has 5 nitrogen and oxygen atoms in total. The van der Waals surface area contributed by atoms with E-state index in [1.165, 1.54) is 0 Å². The monoisotopic (exact) mass is 304 g/mol. The summed E-state index contributed by atoms with van der Waals surface area (Å²) in [6, 6.07) is 5.16. The Morgan fingerprint density at radius 2 is 1.95 bits per heavy atom. The summed E-state index contributed by atoms with van der Waals surface area (Å²) in [6.07, 6.45) is 0. The van der Waals surface area contributed by atoms with Crippen molar-refractivity contribution in [3.63, 3.8) is 0 Å². The van der Waals surface area contributed by atoms with Crippen LogP contribution in [0.15, 0.2) is 18.2 Å². The third kappa shape index (κ3) is 4.19. The molecule has 7 heteroatoms. The number of carbonyl (C=O) groups excluding carboxylic acids is 1. The maximum atomic E-state index is 11.9. The first kappa shape index (κ1) is 15.9. The van der Waals surface area contributed by atoms with Gasteiger partial charge in [-0.1, -0.05) is 0 Å². The average molecular weight is 305 g/mol. The van der Waals surface area contributed by atoms with Gasteiger partial charge in [0.15, 0.2) is 0 Å². The lowest BCUT2D eigenvalue weighted by Crippen LogP contribution is -2.37. The number of methoxy groups -OCH3 is 2. The number of benzene rings is 1. The number of anilines is 1. The van der Waals surface area contributed by atoms with E-state index in [9.17, 15) is 4.79 Å². The Balaban J connectivity index is 0.00000180. The first-order valence-corrected chi connectivity index (χ1v) is 6.73. The largest absolute Gasteiger partial charge is 0.497 e. The molecule has 1 aromatic rings. The van der Waals surface area contributed by atoms with E-state index in [0.717, 1.165) is 11.6 Å². The summed E-state index contributed by atoms with van der Waals surface area (Å²) in [7, 11) is 3.16. The first-order valence-electron chi connectivity index (χ1n) is 5.58. The third-order valence-corrected chi connectivity index (χ3v) is 3.59. The molecule has 2 rings (SSSR count). The topological polar surface area (TPSA) is 59.6 Å². The Morgan fingerprint density at radius 3 is 2.42 bits per heavy atom. The molecule has 0 radical (unpaired) electrons. The molecule has 1 aliphatic heterocycles. The molecule has 19 heavy (non-hydrogen) atoms. The highest BCUT2D eigenvalue weighted by Gasteiger charge is 2.22. The van der Waals surface area contributed by atoms with Crippen LogP contribution in [0.25, 0.3) is 0 Å². The van der Waals surface area contributed by atoms with Crippen LogP contribution in [0.3, 0.4) is 0 Å². The molecule has 1 aliphatic rings. The highest BCUT2D eigenvalue weighted by Crippen LogP contribution is 2.26. The Labute approximate surface area is 122 Å². The second kappa shape index (κ2) is 7.47. The summed E-state index contributed by atoms with van der Waals surface area (Å²) in [5, 5.41) is 5.98. The number of carbonyl (C=O) groups is 1. The summed E-state index contributed by atoms with van der Waals surface area (Å²) in [4.78, 5) is 11.9. The number of hydrogen-bond donors (Lipinski definition) is 2. The van der Waals surface area contributed by atoms with Crippen LogP contribution in [0, 0.1) is 0 Å². The van der Waals surface area contributed by atoms with E-state index in [1.54, 1.807) is 44.2 Å². The SMILES string of the molecule is COc1cc(NC(=O)C2CSCN2)cc(OC)c1.Cl. The lowest BCUT2D eigenvalue weighted by atomic mass is 10.2. The van der Waals surface area contributed by atoms with E-state index in [2.05, 4.69) is 10.6 Å². The summed E-state index contributed by atoms with van der Waals surface area (Å²) in [6.45, 7) is 0. The van der Waals surface area contributed by atoms with Crippen LogP contribution in [0.5, 0.6) is 11.5 Å². The number of thioether (sulfide) groups is 1. The lowest BCUT2D eigenvalue weighted by molar-refractivity contribution is -0.117. The minimum atomic E-state index is -0.132. The average Bonchev–Trinajstić information content (AvgIpc) is 2.92. The number of nitrogens with one attached hydrogen (secondary N) is 2. The van der Waals surface area contributed by atoms with Crippen LogP contribution in [0.4, 0.5) is 5.69 Å². The fraction of sp³-hybridized carbons (Fsp3) is 0.417. The van der Waals surface area contributed by atoms with Gasteiger partial charge in [-0.25, -0.2) is 0 Å². The van der Waals surface area contributed by atoms with E-state index >= 15 is 0 Å². The molecular formula is C12H17ClN2O3S. The zero-order valence-electron chi connectivity index (χ0n) is 10.8. The molecule has 1 saturated heterocycles. The minimum absolute atomic E-state index is 0. The van der Waals surface area contributed by atoms with E-state index in [4.69, 9.17) is 9.47 Å². The Morgan fingerprint density at radius 1 is 1.32 bits per heavy atom. The zero-order valence-corrected chi connectivity index (χ0v) is 12.4. The van der Waals surface area contributed by atoms with Gasteiger partial charge in [-0.3, -0.25) is 10.1 Å². The molecule has 0 aromatic heterocycles. The summed E-state index contributed by atoms with van der Waals surface area (Å²) in [5.41, 5.74) is 0.676. The predicted octanol–water partition coefficient (Wildman–Crippen LogP) is 1.73. The van der Waals surface area contributed by atoms with Gasteiger partial charge >= 0.3 is 0 Å². The molecule has 1 aromatic carbocycles. The quantitative estimate of drug-likeness (QED) is 0.887. The van der Waals surface area contributed by atoms with E-state index in [-0.39, 0.29) is 24.4 Å². The molecular weight excluding hydrogens is 288 g/mol. The molecule has 1 heterocycles. The fourth-order valence-corrected chi connectivity index (χ4v) is 2.61. The molecule has 0 spiro atoms. The van der Waals surface area contributed by atoms with Crippen molar-refractivity contribution in [3.8, 4) is 11.5 Å². The zero-order chi connectivity index (χ0) is 13.0. The van der Waals surface area contributed by atoms with Crippen molar-refractivity contribution in [2.45, 2.75) is 6.04 Å². The number of halogens is 1. The molecule has 1 fully saturated rings. The first-order chi connectivity index (χ1) is 8.72. The van der Waals surface area contributed by atoms with Crippen molar-refractivity contribution in [1.29, 1.82) is 0 Å². The Hall–Kier alpha value is -1.11. The smallest absolute Gasteiger partial charge is 0.242 e. The molecule has 1 unspecified atom stereocenters. The minimum Gasteiger partial charge on any atom is -0.497 e. The molecule has 1 amide bonds. The maximum absolute atomic E-state index is 11.9. The highest BCUT2D eigenvalue weighted by molar-refractivity contribution is 7.99. The van der Waals surface area contributed by atoms with Crippen molar-refractivity contribution < 1.29 is 14.3 Å². The van der Waals surface area contributed by atoms with Crippen LogP contribution in [0.2, 0.25) is 0 Å². The number of hydrogen-bond acceptors (Lipinski definition) is 5. The molecule has 2 N–H and O–H groups in total. The third-order valence-electron chi connectivity index (χ3n) is 2.65. The van der Waals surface area contributed by atoms with E-state index in [1.807, 2.05) is 0 Å². The molecule has 0 aliphatic carbocycles. The maximum Gasteiger partial charge on any atom is 0.242 e. The molecule has 0 saturated carbocycles. The van der Waals surface area contributed by atoms with E-state index in [0.29, 0.717) is 17.2 Å². The van der Waals surface area contributed by atoms with Crippen molar-refractivity contribution in [2.75, 3.05) is 31.2 Å². The van der Waals surface area contributed by atoms with Gasteiger partial charge in [-0.15, -0.1) is 24.2 Å². The van der Waals surface area contributed by atoms with E-state index < -0.39 is 0 Å². The fourth-order valence-electron chi connectivity index (χ4n) is 1.67. The highest BCUT2D eigenvalue weighted by atomic mass is 35.5.